The first kappa shape index (κ1) is 16.1. The van der Waals surface area contributed by atoms with E-state index in [1.54, 1.807) is 18.2 Å². The third-order valence-electron chi connectivity index (χ3n) is 2.99. The molecule has 0 saturated carbocycles. The van der Waals surface area contributed by atoms with Gasteiger partial charge in [-0.25, -0.2) is 14.8 Å². The lowest BCUT2D eigenvalue weighted by Gasteiger charge is -2.08. The third kappa shape index (κ3) is 3.56. The molecule has 24 heavy (non-hydrogen) atoms. The lowest BCUT2D eigenvalue weighted by molar-refractivity contribution is -0.145. The van der Waals surface area contributed by atoms with Crippen LogP contribution in [0.4, 0.5) is 0 Å². The van der Waals surface area contributed by atoms with Crippen LogP contribution in [-0.4, -0.2) is 47.4 Å². The average Bonchev–Trinajstić information content (AvgIpc) is 2.56. The van der Waals surface area contributed by atoms with Crippen molar-refractivity contribution in [2.24, 2.45) is 0 Å². The summed E-state index contributed by atoms with van der Waals surface area (Å²) >= 11 is 0. The van der Waals surface area contributed by atoms with Gasteiger partial charge in [0.2, 0.25) is 0 Å². The quantitative estimate of drug-likeness (QED) is 0.353. The fourth-order valence-corrected chi connectivity index (χ4v) is 1.99. The van der Waals surface area contributed by atoms with E-state index in [2.05, 4.69) is 19.9 Å². The van der Waals surface area contributed by atoms with E-state index in [1.165, 1.54) is 7.11 Å². The Morgan fingerprint density at radius 1 is 1.00 bits per heavy atom. The van der Waals surface area contributed by atoms with E-state index in [0.717, 1.165) is 0 Å². The number of nitrogens with one attached hydrogen (secondary N) is 2. The van der Waals surface area contributed by atoms with Gasteiger partial charge < -0.3 is 18.9 Å². The van der Waals surface area contributed by atoms with Crippen LogP contribution in [0.15, 0.2) is 27.8 Å². The van der Waals surface area contributed by atoms with Gasteiger partial charge in [-0.15, -0.1) is 0 Å². The Hall–Kier alpha value is -2.82. The van der Waals surface area contributed by atoms with E-state index >= 15 is 0 Å². The summed E-state index contributed by atoms with van der Waals surface area (Å²) in [6.45, 7) is 0.151. The second kappa shape index (κ2) is 7.17. The highest BCUT2D eigenvalue weighted by atomic mass is 16.8. The number of aromatic amines is 2. The summed E-state index contributed by atoms with van der Waals surface area (Å²) in [4.78, 5) is 36.0. The lowest BCUT2D eigenvalue weighted by atomic mass is 10.3. The molecule has 10 heteroatoms. The first-order valence-corrected chi connectivity index (χ1v) is 6.89. The Balaban J connectivity index is 1.79. The zero-order valence-corrected chi connectivity index (χ0v) is 12.7. The molecule has 10 nitrogen and oxygen atoms in total. The average molecular weight is 334 g/mol. The number of nitrogens with zero attached hydrogens (tertiary/aromatic N) is 2. The summed E-state index contributed by atoms with van der Waals surface area (Å²) in [5.74, 6) is 0.495. The van der Waals surface area contributed by atoms with Crippen LogP contribution in [0.5, 0.6) is 5.75 Å². The Kier molecular flexibility index (Phi) is 4.79. The molecule has 0 spiro atoms. The summed E-state index contributed by atoms with van der Waals surface area (Å²) in [6, 6.07) is 4.95. The van der Waals surface area contributed by atoms with E-state index in [-0.39, 0.29) is 31.5 Å². The molecule has 0 aliphatic rings. The minimum absolute atomic E-state index is 0.0211. The standard InChI is InChI=1S/C14H14N4O6/c1-21-5-22-6-23-7-24-8-2-3-9-10(4-8)16-12-11(15-9)13(19)18-14(20)17-12/h2-4H,5-7H2,1H3,(H2,16,17,18,19,20). The zero-order chi connectivity index (χ0) is 16.9. The van der Waals surface area contributed by atoms with Gasteiger partial charge in [0.1, 0.15) is 12.5 Å². The minimum Gasteiger partial charge on any atom is -0.467 e. The van der Waals surface area contributed by atoms with Gasteiger partial charge in [-0.05, 0) is 12.1 Å². The molecular formula is C14H14N4O6. The molecule has 1 aromatic carbocycles. The zero-order valence-electron chi connectivity index (χ0n) is 12.7. The van der Waals surface area contributed by atoms with Crippen LogP contribution in [0.25, 0.3) is 22.2 Å². The Bertz CT molecular complexity index is 967. The number of H-pyrrole nitrogens is 2. The molecule has 3 rings (SSSR count). The van der Waals surface area contributed by atoms with Crippen LogP contribution in [0, 0.1) is 0 Å². The molecule has 3 aromatic rings. The van der Waals surface area contributed by atoms with E-state index in [0.29, 0.717) is 16.8 Å². The van der Waals surface area contributed by atoms with Gasteiger partial charge in [0.05, 0.1) is 11.0 Å². The molecule has 0 radical (unpaired) electrons. The maximum atomic E-state index is 11.7. The van der Waals surface area contributed by atoms with Crippen LogP contribution in [0.3, 0.4) is 0 Å². The molecule has 0 aliphatic heterocycles. The van der Waals surface area contributed by atoms with E-state index in [1.807, 2.05) is 0 Å². The van der Waals surface area contributed by atoms with Crippen LogP contribution < -0.4 is 16.0 Å². The number of aromatic nitrogens is 4. The summed E-state index contributed by atoms with van der Waals surface area (Å²) in [5, 5.41) is 0. The number of benzene rings is 1. The molecular weight excluding hydrogens is 320 g/mol. The second-order valence-corrected chi connectivity index (χ2v) is 4.67. The first-order chi connectivity index (χ1) is 11.7. The van der Waals surface area contributed by atoms with Crippen molar-refractivity contribution in [3.63, 3.8) is 0 Å². The highest BCUT2D eigenvalue weighted by Gasteiger charge is 2.07. The molecule has 0 fully saturated rings. The highest BCUT2D eigenvalue weighted by molar-refractivity contribution is 5.84. The topological polar surface area (TPSA) is 128 Å². The number of rotatable bonds is 7. The molecule has 0 aliphatic carbocycles. The number of methoxy groups -OCH3 is 1. The maximum absolute atomic E-state index is 11.7. The molecule has 0 bridgehead atoms. The van der Waals surface area contributed by atoms with Gasteiger partial charge in [-0.3, -0.25) is 14.8 Å². The number of hydrogen-bond donors (Lipinski definition) is 2. The van der Waals surface area contributed by atoms with Crippen LogP contribution >= 0.6 is 0 Å². The molecule has 2 N–H and O–H groups in total. The number of ether oxygens (including phenoxy) is 4. The van der Waals surface area contributed by atoms with Crippen LogP contribution in [0.2, 0.25) is 0 Å². The monoisotopic (exact) mass is 334 g/mol. The van der Waals surface area contributed by atoms with Crippen LogP contribution in [0.1, 0.15) is 0 Å². The molecule has 0 saturated heterocycles. The molecule has 0 unspecified atom stereocenters. The second-order valence-electron chi connectivity index (χ2n) is 4.67. The number of hydrogen-bond acceptors (Lipinski definition) is 8. The fourth-order valence-electron chi connectivity index (χ4n) is 1.99. The number of fused-ring (bicyclic) bond motifs is 2. The van der Waals surface area contributed by atoms with Crippen molar-refractivity contribution in [3.05, 3.63) is 39.0 Å². The predicted molar refractivity (Wildman–Crippen MR) is 82.7 cm³/mol. The van der Waals surface area contributed by atoms with Gasteiger partial charge in [0.25, 0.3) is 5.56 Å². The van der Waals surface area contributed by atoms with Crippen molar-refractivity contribution in [2.45, 2.75) is 0 Å². The smallest absolute Gasteiger partial charge is 0.327 e. The van der Waals surface area contributed by atoms with E-state index in [9.17, 15) is 9.59 Å². The Morgan fingerprint density at radius 2 is 1.83 bits per heavy atom. The highest BCUT2D eigenvalue weighted by Crippen LogP contribution is 2.19. The molecule has 2 aromatic heterocycles. The summed E-state index contributed by atoms with van der Waals surface area (Å²) < 4.78 is 20.2. The Labute approximate surface area is 134 Å². The van der Waals surface area contributed by atoms with E-state index < -0.39 is 11.2 Å². The summed E-state index contributed by atoms with van der Waals surface area (Å²) in [7, 11) is 1.51. The predicted octanol–water partition coefficient (Wildman–Crippen LogP) is 0.0905. The van der Waals surface area contributed by atoms with Gasteiger partial charge >= 0.3 is 5.69 Å². The van der Waals surface area contributed by atoms with Crippen LogP contribution in [-0.2, 0) is 14.2 Å². The first-order valence-electron chi connectivity index (χ1n) is 6.89. The van der Waals surface area contributed by atoms with Crippen molar-refractivity contribution in [1.82, 2.24) is 19.9 Å². The third-order valence-corrected chi connectivity index (χ3v) is 2.99. The maximum Gasteiger partial charge on any atom is 0.327 e. The largest absolute Gasteiger partial charge is 0.467 e. The lowest BCUT2D eigenvalue weighted by Crippen LogP contribution is -2.23. The van der Waals surface area contributed by atoms with Gasteiger partial charge in [-0.2, -0.15) is 0 Å². The molecule has 0 amide bonds. The van der Waals surface area contributed by atoms with Crippen molar-refractivity contribution in [3.8, 4) is 5.75 Å². The minimum atomic E-state index is -0.641. The van der Waals surface area contributed by atoms with Gasteiger partial charge in [0, 0.05) is 13.2 Å². The van der Waals surface area contributed by atoms with Gasteiger partial charge in [-0.1, -0.05) is 0 Å². The summed E-state index contributed by atoms with van der Waals surface area (Å²) in [5.41, 5.74) is -0.0911. The Morgan fingerprint density at radius 3 is 2.67 bits per heavy atom. The molecule has 126 valence electrons. The summed E-state index contributed by atoms with van der Waals surface area (Å²) in [6.07, 6.45) is 0. The van der Waals surface area contributed by atoms with E-state index in [4.69, 9.17) is 18.9 Å². The fraction of sp³-hybridized carbons (Fsp3) is 0.286. The van der Waals surface area contributed by atoms with Gasteiger partial charge in [0.15, 0.2) is 24.7 Å². The van der Waals surface area contributed by atoms with Crippen molar-refractivity contribution in [2.75, 3.05) is 27.5 Å². The van der Waals surface area contributed by atoms with Crippen molar-refractivity contribution >= 4 is 22.2 Å². The molecule has 2 heterocycles. The SMILES string of the molecule is COCOCOCOc1ccc2nc3c(=O)[nH]c(=O)[nH]c3nc2c1. The molecule has 0 atom stereocenters. The van der Waals surface area contributed by atoms with Crippen molar-refractivity contribution in [1.29, 1.82) is 0 Å². The van der Waals surface area contributed by atoms with Crippen molar-refractivity contribution < 1.29 is 18.9 Å². The normalized spacial score (nSPS) is 11.2.